The van der Waals surface area contributed by atoms with Crippen LogP contribution in [0.25, 0.3) is 0 Å². The summed E-state index contributed by atoms with van der Waals surface area (Å²) in [5.41, 5.74) is 0.706. The van der Waals surface area contributed by atoms with Gasteiger partial charge >= 0.3 is 5.97 Å². The molecule has 6 nitrogen and oxygen atoms in total. The third kappa shape index (κ3) is 3.85. The largest absolute Gasteiger partial charge is 0.480 e. The number of para-hydroxylation sites is 1. The van der Waals surface area contributed by atoms with E-state index in [-0.39, 0.29) is 18.2 Å². The van der Waals surface area contributed by atoms with Gasteiger partial charge in [0.25, 0.3) is 0 Å². The molecule has 2 amide bonds. The highest BCUT2D eigenvalue weighted by Gasteiger charge is 2.32. The number of benzene rings is 1. The minimum Gasteiger partial charge on any atom is -0.480 e. The van der Waals surface area contributed by atoms with E-state index in [4.69, 9.17) is 0 Å². The SMILES string of the molecule is O=C(CN1C(=O)CSc2ccccc21)NC(CC1CC1)C(=O)O. The second kappa shape index (κ2) is 6.62. The Kier molecular flexibility index (Phi) is 4.56. The van der Waals surface area contributed by atoms with Crippen LogP contribution in [0, 0.1) is 5.92 Å². The zero-order chi connectivity index (χ0) is 16.4. The fourth-order valence-corrected chi connectivity index (χ4v) is 3.55. The number of aliphatic carboxylic acids is 1. The number of carbonyl (C=O) groups is 3. The number of hydrogen-bond acceptors (Lipinski definition) is 4. The molecule has 1 aliphatic heterocycles. The van der Waals surface area contributed by atoms with Gasteiger partial charge < -0.3 is 15.3 Å². The highest BCUT2D eigenvalue weighted by Crippen LogP contribution is 2.35. The quantitative estimate of drug-likeness (QED) is 0.823. The number of anilines is 1. The fourth-order valence-electron chi connectivity index (χ4n) is 2.62. The van der Waals surface area contributed by atoms with Crippen LogP contribution in [0.4, 0.5) is 5.69 Å². The Morgan fingerprint density at radius 3 is 2.78 bits per heavy atom. The van der Waals surface area contributed by atoms with Crippen molar-refractivity contribution in [1.82, 2.24) is 5.32 Å². The minimum atomic E-state index is -1.02. The maximum atomic E-state index is 12.2. The average Bonchev–Trinajstić information content (AvgIpc) is 3.33. The van der Waals surface area contributed by atoms with Crippen LogP contribution in [0.5, 0.6) is 0 Å². The van der Waals surface area contributed by atoms with Crippen molar-refractivity contribution in [1.29, 1.82) is 0 Å². The predicted molar refractivity (Wildman–Crippen MR) is 86.4 cm³/mol. The summed E-state index contributed by atoms with van der Waals surface area (Å²) < 4.78 is 0. The molecule has 1 heterocycles. The maximum absolute atomic E-state index is 12.2. The minimum absolute atomic E-state index is 0.141. The van der Waals surface area contributed by atoms with Gasteiger partial charge in [0.05, 0.1) is 11.4 Å². The smallest absolute Gasteiger partial charge is 0.326 e. The second-order valence-electron chi connectivity index (χ2n) is 5.87. The zero-order valence-electron chi connectivity index (χ0n) is 12.5. The van der Waals surface area contributed by atoms with Gasteiger partial charge in [0.2, 0.25) is 11.8 Å². The van der Waals surface area contributed by atoms with Gasteiger partial charge in [-0.25, -0.2) is 4.79 Å². The number of thioether (sulfide) groups is 1. The van der Waals surface area contributed by atoms with Crippen LogP contribution >= 0.6 is 11.8 Å². The molecule has 1 aromatic rings. The van der Waals surface area contributed by atoms with Crippen LogP contribution in [0.1, 0.15) is 19.3 Å². The van der Waals surface area contributed by atoms with E-state index in [2.05, 4.69) is 5.32 Å². The molecule has 0 spiro atoms. The number of hydrogen-bond donors (Lipinski definition) is 2. The number of nitrogens with zero attached hydrogens (tertiary/aromatic N) is 1. The predicted octanol–water partition coefficient (Wildman–Crippen LogP) is 1.49. The molecule has 1 atom stereocenters. The van der Waals surface area contributed by atoms with Gasteiger partial charge in [-0.15, -0.1) is 11.8 Å². The summed E-state index contributed by atoms with van der Waals surface area (Å²) in [6.07, 6.45) is 2.51. The molecular formula is C16H18N2O4S. The summed E-state index contributed by atoms with van der Waals surface area (Å²) in [4.78, 5) is 38.0. The molecule has 1 saturated carbocycles. The van der Waals surface area contributed by atoms with E-state index >= 15 is 0 Å². The number of carboxylic acid groups (broad SMARTS) is 1. The molecule has 1 aromatic carbocycles. The summed E-state index contributed by atoms with van der Waals surface area (Å²) in [5, 5.41) is 11.8. The Hall–Kier alpha value is -2.02. The van der Waals surface area contributed by atoms with Gasteiger partial charge in [0, 0.05) is 4.90 Å². The van der Waals surface area contributed by atoms with E-state index in [1.54, 1.807) is 6.07 Å². The second-order valence-corrected chi connectivity index (χ2v) is 6.89. The van der Waals surface area contributed by atoms with Crippen LogP contribution in [0.2, 0.25) is 0 Å². The monoisotopic (exact) mass is 334 g/mol. The van der Waals surface area contributed by atoms with Crippen LogP contribution in [0.3, 0.4) is 0 Å². The van der Waals surface area contributed by atoms with Gasteiger partial charge in [-0.3, -0.25) is 9.59 Å². The molecule has 122 valence electrons. The third-order valence-electron chi connectivity index (χ3n) is 4.01. The molecule has 1 unspecified atom stereocenters. The molecule has 2 aliphatic rings. The standard InChI is InChI=1S/C16H18N2O4S/c19-14(17-11(16(21)22)7-10-5-6-10)8-18-12-3-1-2-4-13(12)23-9-15(18)20/h1-4,10-11H,5-9H2,(H,17,19)(H,21,22). The molecule has 7 heteroatoms. The van der Waals surface area contributed by atoms with E-state index in [9.17, 15) is 19.5 Å². The molecule has 0 bridgehead atoms. The zero-order valence-corrected chi connectivity index (χ0v) is 13.3. The van der Waals surface area contributed by atoms with Crippen molar-refractivity contribution in [2.24, 2.45) is 5.92 Å². The van der Waals surface area contributed by atoms with Crippen LogP contribution in [-0.4, -0.2) is 41.2 Å². The molecule has 2 N–H and O–H groups in total. The third-order valence-corrected chi connectivity index (χ3v) is 5.06. The van der Waals surface area contributed by atoms with Crippen molar-refractivity contribution in [3.05, 3.63) is 24.3 Å². The van der Waals surface area contributed by atoms with Gasteiger partial charge in [-0.05, 0) is 24.5 Å². The molecular weight excluding hydrogens is 316 g/mol. The lowest BCUT2D eigenvalue weighted by atomic mass is 10.1. The van der Waals surface area contributed by atoms with Gasteiger partial charge in [-0.1, -0.05) is 25.0 Å². The lowest BCUT2D eigenvalue weighted by Gasteiger charge is -2.28. The van der Waals surface area contributed by atoms with Crippen molar-refractivity contribution in [2.45, 2.75) is 30.2 Å². The summed E-state index contributed by atoms with van der Waals surface area (Å²) in [5.74, 6) is -0.920. The highest BCUT2D eigenvalue weighted by molar-refractivity contribution is 8.00. The Morgan fingerprint density at radius 1 is 1.35 bits per heavy atom. The van der Waals surface area contributed by atoms with Crippen LogP contribution < -0.4 is 10.2 Å². The molecule has 23 heavy (non-hydrogen) atoms. The number of carboxylic acids is 1. The van der Waals surface area contributed by atoms with Crippen molar-refractivity contribution >= 4 is 35.2 Å². The van der Waals surface area contributed by atoms with E-state index in [1.807, 2.05) is 18.2 Å². The molecule has 1 fully saturated rings. The Morgan fingerprint density at radius 2 is 2.09 bits per heavy atom. The first-order valence-corrected chi connectivity index (χ1v) is 8.57. The number of fused-ring (bicyclic) bond motifs is 1. The molecule has 1 aliphatic carbocycles. The first-order valence-electron chi connectivity index (χ1n) is 7.59. The first kappa shape index (κ1) is 15.9. The number of nitrogens with one attached hydrogen (secondary N) is 1. The molecule has 0 saturated heterocycles. The molecule has 0 radical (unpaired) electrons. The van der Waals surface area contributed by atoms with Crippen molar-refractivity contribution in [3.8, 4) is 0 Å². The lowest BCUT2D eigenvalue weighted by molar-refractivity contribution is -0.142. The first-order chi connectivity index (χ1) is 11.0. The average molecular weight is 334 g/mol. The van der Waals surface area contributed by atoms with Gasteiger partial charge in [-0.2, -0.15) is 0 Å². The Balaban J connectivity index is 1.67. The highest BCUT2D eigenvalue weighted by atomic mass is 32.2. The number of amides is 2. The van der Waals surface area contributed by atoms with Crippen LogP contribution in [-0.2, 0) is 14.4 Å². The van der Waals surface area contributed by atoms with E-state index in [0.717, 1.165) is 17.7 Å². The van der Waals surface area contributed by atoms with Crippen molar-refractivity contribution in [3.63, 3.8) is 0 Å². The Labute approximate surface area is 138 Å². The van der Waals surface area contributed by atoms with E-state index in [0.29, 0.717) is 18.0 Å². The number of carbonyl (C=O) groups excluding carboxylic acids is 2. The summed E-state index contributed by atoms with van der Waals surface area (Å²) in [6.45, 7) is -0.148. The van der Waals surface area contributed by atoms with Crippen LogP contribution in [0.15, 0.2) is 29.2 Å². The normalized spacial score (nSPS) is 18.3. The fraction of sp³-hybridized carbons (Fsp3) is 0.438. The summed E-state index contributed by atoms with van der Waals surface area (Å²) in [7, 11) is 0. The Bertz CT molecular complexity index is 645. The summed E-state index contributed by atoms with van der Waals surface area (Å²) in [6, 6.07) is 6.53. The number of rotatable bonds is 6. The molecule has 0 aromatic heterocycles. The summed E-state index contributed by atoms with van der Waals surface area (Å²) >= 11 is 1.45. The topological polar surface area (TPSA) is 86.7 Å². The van der Waals surface area contributed by atoms with E-state index in [1.165, 1.54) is 16.7 Å². The van der Waals surface area contributed by atoms with Gasteiger partial charge in [0.15, 0.2) is 0 Å². The molecule has 3 rings (SSSR count). The van der Waals surface area contributed by atoms with E-state index < -0.39 is 17.9 Å². The lowest BCUT2D eigenvalue weighted by Crippen LogP contribution is -2.48. The maximum Gasteiger partial charge on any atom is 0.326 e. The van der Waals surface area contributed by atoms with Crippen molar-refractivity contribution in [2.75, 3.05) is 17.2 Å². The van der Waals surface area contributed by atoms with Gasteiger partial charge in [0.1, 0.15) is 12.6 Å². The van der Waals surface area contributed by atoms with Crippen molar-refractivity contribution < 1.29 is 19.5 Å².